The maximum absolute atomic E-state index is 13.1. The molecule has 1 amide bonds. The molecular weight excluding hydrogens is 302 g/mol. The molecule has 2 aliphatic rings. The van der Waals surface area contributed by atoms with Gasteiger partial charge in [-0.3, -0.25) is 4.79 Å². The van der Waals surface area contributed by atoms with Crippen molar-refractivity contribution in [1.82, 2.24) is 4.90 Å². The molecule has 0 radical (unpaired) electrons. The number of carboxylic acid groups (broad SMARTS) is 1. The van der Waals surface area contributed by atoms with E-state index in [2.05, 4.69) is 19.1 Å². The minimum Gasteiger partial charge on any atom is -0.478 e. The fraction of sp³-hybridized carbons (Fsp3) is 0.300. The van der Waals surface area contributed by atoms with Gasteiger partial charge < -0.3 is 10.0 Å². The van der Waals surface area contributed by atoms with E-state index in [1.54, 1.807) is 6.07 Å². The molecule has 2 aromatic carbocycles. The lowest BCUT2D eigenvalue weighted by Gasteiger charge is -2.29. The summed E-state index contributed by atoms with van der Waals surface area (Å²) in [5.41, 5.74) is 3.77. The largest absolute Gasteiger partial charge is 0.478 e. The number of carboxylic acids is 1. The van der Waals surface area contributed by atoms with Gasteiger partial charge in [0, 0.05) is 0 Å². The normalized spacial score (nSPS) is 24.8. The molecule has 0 saturated carbocycles. The molecule has 0 aromatic heterocycles. The standard InChI is InChI=1S/C20H19NO3/c1-11-10-17-15-8-5-9-16(20(23)24)18(15)19(22)21(17)12(2)14-7-4-3-6-13(11)14/h3-9,11-12,17H,10H2,1-2H3,(H,23,24). The highest BCUT2D eigenvalue weighted by Crippen LogP contribution is 2.49. The Balaban J connectivity index is 1.91. The minimum absolute atomic E-state index is 0.0656. The van der Waals surface area contributed by atoms with Crippen molar-refractivity contribution in [2.45, 2.75) is 38.3 Å². The van der Waals surface area contributed by atoms with E-state index in [4.69, 9.17) is 0 Å². The summed E-state index contributed by atoms with van der Waals surface area (Å²) in [6.07, 6.45) is 0.809. The van der Waals surface area contributed by atoms with E-state index in [1.165, 1.54) is 11.6 Å². The number of fused-ring (bicyclic) bond motifs is 4. The Labute approximate surface area is 140 Å². The zero-order valence-corrected chi connectivity index (χ0v) is 13.7. The van der Waals surface area contributed by atoms with E-state index < -0.39 is 5.97 Å². The Morgan fingerprint density at radius 2 is 1.71 bits per heavy atom. The highest BCUT2D eigenvalue weighted by atomic mass is 16.4. The van der Waals surface area contributed by atoms with Crippen LogP contribution in [0.4, 0.5) is 0 Å². The lowest BCUT2D eigenvalue weighted by molar-refractivity contribution is 0.0623. The number of benzene rings is 2. The van der Waals surface area contributed by atoms with Gasteiger partial charge in [0.05, 0.1) is 23.2 Å². The highest BCUT2D eigenvalue weighted by Gasteiger charge is 2.44. The molecule has 0 saturated heterocycles. The first kappa shape index (κ1) is 14.9. The number of carbonyl (C=O) groups excluding carboxylic acids is 1. The van der Waals surface area contributed by atoms with Gasteiger partial charge in [0.25, 0.3) is 5.91 Å². The molecule has 4 nitrogen and oxygen atoms in total. The van der Waals surface area contributed by atoms with Crippen molar-refractivity contribution >= 4 is 11.9 Å². The smallest absolute Gasteiger partial charge is 0.336 e. The van der Waals surface area contributed by atoms with Crippen LogP contribution >= 0.6 is 0 Å². The summed E-state index contributed by atoms with van der Waals surface area (Å²) in [6.45, 7) is 4.21. The average molecular weight is 321 g/mol. The maximum atomic E-state index is 13.1. The van der Waals surface area contributed by atoms with Crippen molar-refractivity contribution in [2.75, 3.05) is 0 Å². The Morgan fingerprint density at radius 1 is 1.04 bits per heavy atom. The Bertz CT molecular complexity index is 858. The van der Waals surface area contributed by atoms with Gasteiger partial charge in [0.15, 0.2) is 0 Å². The molecule has 122 valence electrons. The van der Waals surface area contributed by atoms with Crippen LogP contribution in [0.1, 0.15) is 75.7 Å². The van der Waals surface area contributed by atoms with Gasteiger partial charge in [-0.2, -0.15) is 0 Å². The molecule has 1 N–H and O–H groups in total. The summed E-state index contributed by atoms with van der Waals surface area (Å²) in [4.78, 5) is 26.5. The molecule has 24 heavy (non-hydrogen) atoms. The first-order valence-corrected chi connectivity index (χ1v) is 8.28. The summed E-state index contributed by atoms with van der Waals surface area (Å²) in [5, 5.41) is 9.46. The van der Waals surface area contributed by atoms with Crippen LogP contribution in [0.15, 0.2) is 42.5 Å². The summed E-state index contributed by atoms with van der Waals surface area (Å²) in [6, 6.07) is 13.3. The van der Waals surface area contributed by atoms with E-state index in [0.717, 1.165) is 17.5 Å². The van der Waals surface area contributed by atoms with Gasteiger partial charge in [0.2, 0.25) is 0 Å². The van der Waals surface area contributed by atoms with Crippen LogP contribution in [0, 0.1) is 0 Å². The van der Waals surface area contributed by atoms with Crippen LogP contribution < -0.4 is 0 Å². The van der Waals surface area contributed by atoms with Crippen LogP contribution in [0.25, 0.3) is 0 Å². The minimum atomic E-state index is -1.04. The van der Waals surface area contributed by atoms with Gasteiger partial charge in [-0.15, -0.1) is 0 Å². The fourth-order valence-corrected chi connectivity index (χ4v) is 4.32. The van der Waals surface area contributed by atoms with Gasteiger partial charge in [-0.25, -0.2) is 4.79 Å². The summed E-state index contributed by atoms with van der Waals surface area (Å²) < 4.78 is 0. The zero-order chi connectivity index (χ0) is 17.0. The van der Waals surface area contributed by atoms with Crippen molar-refractivity contribution in [3.63, 3.8) is 0 Å². The molecule has 4 heteroatoms. The predicted octanol–water partition coefficient (Wildman–Crippen LogP) is 4.15. The SMILES string of the molecule is CC1CC2c3cccc(C(=O)O)c3C(=O)N2C(C)c2ccccc21. The summed E-state index contributed by atoms with van der Waals surface area (Å²) >= 11 is 0. The third-order valence-corrected chi connectivity index (χ3v) is 5.44. The van der Waals surface area contributed by atoms with Crippen molar-refractivity contribution in [1.29, 1.82) is 0 Å². The van der Waals surface area contributed by atoms with Crippen LogP contribution in [-0.4, -0.2) is 21.9 Å². The van der Waals surface area contributed by atoms with Crippen LogP contribution in [-0.2, 0) is 0 Å². The van der Waals surface area contributed by atoms with E-state index in [1.807, 2.05) is 30.0 Å². The first-order valence-electron chi connectivity index (χ1n) is 8.28. The van der Waals surface area contributed by atoms with Crippen molar-refractivity contribution in [2.24, 2.45) is 0 Å². The molecule has 2 heterocycles. The number of carbonyl (C=O) groups is 2. The monoisotopic (exact) mass is 321 g/mol. The Kier molecular flexibility index (Phi) is 3.23. The predicted molar refractivity (Wildman–Crippen MR) is 90.2 cm³/mol. The molecule has 0 aliphatic carbocycles. The lowest BCUT2D eigenvalue weighted by atomic mass is 9.88. The number of amides is 1. The van der Waals surface area contributed by atoms with Crippen LogP contribution in [0.5, 0.6) is 0 Å². The second kappa shape index (κ2) is 5.20. The molecule has 0 fully saturated rings. The van der Waals surface area contributed by atoms with E-state index in [9.17, 15) is 14.7 Å². The number of hydrogen-bond acceptors (Lipinski definition) is 2. The Morgan fingerprint density at radius 3 is 2.42 bits per heavy atom. The van der Waals surface area contributed by atoms with Crippen LogP contribution in [0.2, 0.25) is 0 Å². The third-order valence-electron chi connectivity index (χ3n) is 5.44. The molecule has 2 aromatic rings. The van der Waals surface area contributed by atoms with Gasteiger partial charge >= 0.3 is 5.97 Å². The van der Waals surface area contributed by atoms with E-state index in [0.29, 0.717) is 11.5 Å². The fourth-order valence-electron chi connectivity index (χ4n) is 4.32. The molecule has 0 bridgehead atoms. The molecular formula is C20H19NO3. The van der Waals surface area contributed by atoms with Crippen molar-refractivity contribution in [3.05, 3.63) is 70.3 Å². The van der Waals surface area contributed by atoms with E-state index >= 15 is 0 Å². The van der Waals surface area contributed by atoms with Gasteiger partial charge in [-0.1, -0.05) is 43.3 Å². The quantitative estimate of drug-likeness (QED) is 0.858. The van der Waals surface area contributed by atoms with Crippen LogP contribution in [0.3, 0.4) is 0 Å². The topological polar surface area (TPSA) is 57.6 Å². The molecule has 3 atom stereocenters. The van der Waals surface area contributed by atoms with Crippen molar-refractivity contribution in [3.8, 4) is 0 Å². The average Bonchev–Trinajstić information content (AvgIpc) is 2.80. The first-order chi connectivity index (χ1) is 11.5. The number of nitrogens with zero attached hydrogens (tertiary/aromatic N) is 1. The highest BCUT2D eigenvalue weighted by molar-refractivity contribution is 6.08. The molecule has 4 rings (SSSR count). The van der Waals surface area contributed by atoms with Crippen molar-refractivity contribution < 1.29 is 14.7 Å². The Hall–Kier alpha value is -2.62. The summed E-state index contributed by atoms with van der Waals surface area (Å²) in [7, 11) is 0. The van der Waals surface area contributed by atoms with E-state index in [-0.39, 0.29) is 23.6 Å². The summed E-state index contributed by atoms with van der Waals surface area (Å²) in [5.74, 6) is -0.894. The molecule has 2 aliphatic heterocycles. The second-order valence-electron chi connectivity index (χ2n) is 6.74. The van der Waals surface area contributed by atoms with Gasteiger partial charge in [-0.05, 0) is 42.0 Å². The number of aromatic carboxylic acids is 1. The molecule has 3 unspecified atom stereocenters. The maximum Gasteiger partial charge on any atom is 0.336 e. The number of rotatable bonds is 1. The molecule has 0 spiro atoms. The zero-order valence-electron chi connectivity index (χ0n) is 13.7. The van der Waals surface area contributed by atoms with Gasteiger partial charge in [0.1, 0.15) is 0 Å². The third kappa shape index (κ3) is 1.92. The second-order valence-corrected chi connectivity index (χ2v) is 6.74. The number of hydrogen-bond donors (Lipinski definition) is 1. The lowest BCUT2D eigenvalue weighted by Crippen LogP contribution is -2.30.